The van der Waals surface area contributed by atoms with Crippen molar-refractivity contribution in [3.05, 3.63) is 101 Å². The highest BCUT2D eigenvalue weighted by Crippen LogP contribution is 2.31. The molecule has 0 saturated heterocycles. The van der Waals surface area contributed by atoms with Crippen LogP contribution in [-0.2, 0) is 19.3 Å². The first-order chi connectivity index (χ1) is 15.3. The average molecular weight is 439 g/mol. The van der Waals surface area contributed by atoms with Gasteiger partial charge < -0.3 is 9.88 Å². The first-order valence-electron chi connectivity index (χ1n) is 9.88. The summed E-state index contributed by atoms with van der Waals surface area (Å²) in [7, 11) is 0. The molecule has 0 spiro atoms. The van der Waals surface area contributed by atoms with Gasteiger partial charge in [0.1, 0.15) is 0 Å². The van der Waals surface area contributed by atoms with E-state index in [0.717, 1.165) is 17.2 Å². The summed E-state index contributed by atoms with van der Waals surface area (Å²) in [6.45, 7) is 2.08. The van der Waals surface area contributed by atoms with Crippen molar-refractivity contribution < 1.29 is 18.0 Å². The van der Waals surface area contributed by atoms with Gasteiger partial charge >= 0.3 is 6.18 Å². The lowest BCUT2D eigenvalue weighted by atomic mass is 10.1. The SMILES string of the molecule is Cc1ccc(Cn2nnc(C(=O)NCc3ccccc3C(F)(F)F)c2-n2cccc2)cc1. The normalized spacial score (nSPS) is 11.5. The molecule has 2 aromatic heterocycles. The Bertz CT molecular complexity index is 1210. The maximum Gasteiger partial charge on any atom is 0.416 e. The first-order valence-corrected chi connectivity index (χ1v) is 9.88. The molecule has 2 aromatic carbocycles. The highest BCUT2D eigenvalue weighted by molar-refractivity contribution is 5.95. The van der Waals surface area contributed by atoms with Crippen molar-refractivity contribution in [2.24, 2.45) is 0 Å². The van der Waals surface area contributed by atoms with E-state index in [1.54, 1.807) is 33.8 Å². The van der Waals surface area contributed by atoms with Crippen LogP contribution in [0.5, 0.6) is 0 Å². The van der Waals surface area contributed by atoms with Gasteiger partial charge in [0.15, 0.2) is 11.5 Å². The Balaban J connectivity index is 1.60. The number of nitrogens with one attached hydrogen (secondary N) is 1. The van der Waals surface area contributed by atoms with E-state index >= 15 is 0 Å². The number of rotatable bonds is 6. The van der Waals surface area contributed by atoms with E-state index in [4.69, 9.17) is 0 Å². The van der Waals surface area contributed by atoms with Crippen LogP contribution in [0, 0.1) is 6.92 Å². The number of hydrogen-bond donors (Lipinski definition) is 1. The highest BCUT2D eigenvalue weighted by atomic mass is 19.4. The Morgan fingerprint density at radius 1 is 1.00 bits per heavy atom. The summed E-state index contributed by atoms with van der Waals surface area (Å²) in [4.78, 5) is 12.9. The number of nitrogens with zero attached hydrogens (tertiary/aromatic N) is 4. The number of benzene rings is 2. The molecule has 4 aromatic rings. The number of halogens is 3. The van der Waals surface area contributed by atoms with Crippen molar-refractivity contribution in [3.63, 3.8) is 0 Å². The largest absolute Gasteiger partial charge is 0.416 e. The molecule has 9 heteroatoms. The third kappa shape index (κ3) is 4.56. The molecule has 6 nitrogen and oxygen atoms in total. The van der Waals surface area contributed by atoms with E-state index in [0.29, 0.717) is 12.4 Å². The van der Waals surface area contributed by atoms with Crippen molar-refractivity contribution in [2.45, 2.75) is 26.2 Å². The number of carbonyl (C=O) groups excluding carboxylic acids is 1. The third-order valence-corrected chi connectivity index (χ3v) is 4.99. The Morgan fingerprint density at radius 3 is 2.38 bits per heavy atom. The fraction of sp³-hybridized carbons (Fsp3) is 0.174. The van der Waals surface area contributed by atoms with E-state index in [2.05, 4.69) is 15.6 Å². The van der Waals surface area contributed by atoms with E-state index < -0.39 is 17.6 Å². The minimum atomic E-state index is -4.51. The zero-order valence-corrected chi connectivity index (χ0v) is 17.2. The minimum absolute atomic E-state index is 0.0251. The van der Waals surface area contributed by atoms with Crippen molar-refractivity contribution in [1.29, 1.82) is 0 Å². The molecule has 0 atom stereocenters. The van der Waals surface area contributed by atoms with E-state index in [1.165, 1.54) is 18.2 Å². The van der Waals surface area contributed by atoms with Crippen LogP contribution in [0.3, 0.4) is 0 Å². The molecule has 0 aliphatic rings. The summed E-state index contributed by atoms with van der Waals surface area (Å²) in [5.41, 5.74) is 1.31. The van der Waals surface area contributed by atoms with Gasteiger partial charge in [0.2, 0.25) is 0 Å². The Labute approximate surface area is 182 Å². The second-order valence-electron chi connectivity index (χ2n) is 7.33. The molecule has 4 rings (SSSR count). The van der Waals surface area contributed by atoms with Crippen LogP contribution in [0.2, 0.25) is 0 Å². The van der Waals surface area contributed by atoms with Gasteiger partial charge in [0, 0.05) is 18.9 Å². The number of hydrogen-bond acceptors (Lipinski definition) is 3. The van der Waals surface area contributed by atoms with Crippen molar-refractivity contribution in [1.82, 2.24) is 24.9 Å². The van der Waals surface area contributed by atoms with Gasteiger partial charge in [-0.3, -0.25) is 4.79 Å². The number of aryl methyl sites for hydroxylation is 1. The molecular formula is C23H20F3N5O. The van der Waals surface area contributed by atoms with Gasteiger partial charge in [-0.2, -0.15) is 13.2 Å². The summed E-state index contributed by atoms with van der Waals surface area (Å²) in [5.74, 6) is -0.182. The molecule has 2 heterocycles. The van der Waals surface area contributed by atoms with Crippen molar-refractivity contribution in [3.8, 4) is 5.82 Å². The highest BCUT2D eigenvalue weighted by Gasteiger charge is 2.33. The third-order valence-electron chi connectivity index (χ3n) is 4.99. The zero-order valence-electron chi connectivity index (χ0n) is 17.2. The molecule has 0 bridgehead atoms. The summed E-state index contributed by atoms with van der Waals surface area (Å²) >= 11 is 0. The Kier molecular flexibility index (Phi) is 5.81. The van der Waals surface area contributed by atoms with Crippen LogP contribution < -0.4 is 5.32 Å². The van der Waals surface area contributed by atoms with Crippen molar-refractivity contribution in [2.75, 3.05) is 0 Å². The predicted molar refractivity (Wildman–Crippen MR) is 112 cm³/mol. The van der Waals surface area contributed by atoms with Crippen LogP contribution in [0.25, 0.3) is 5.82 Å². The summed E-state index contributed by atoms with van der Waals surface area (Å²) in [6, 6.07) is 16.6. The Morgan fingerprint density at radius 2 is 1.69 bits per heavy atom. The smallest absolute Gasteiger partial charge is 0.346 e. The first kappa shape index (κ1) is 21.4. The van der Waals surface area contributed by atoms with Gasteiger partial charge in [0.05, 0.1) is 12.1 Å². The summed E-state index contributed by atoms with van der Waals surface area (Å²) in [6.07, 6.45) is -1.01. The van der Waals surface area contributed by atoms with Crippen LogP contribution in [0.4, 0.5) is 13.2 Å². The fourth-order valence-corrected chi connectivity index (χ4v) is 3.37. The summed E-state index contributed by atoms with van der Waals surface area (Å²) in [5, 5.41) is 10.7. The zero-order chi connectivity index (χ0) is 22.7. The lowest BCUT2D eigenvalue weighted by molar-refractivity contribution is -0.138. The molecular weight excluding hydrogens is 419 g/mol. The van der Waals surface area contributed by atoms with Gasteiger partial charge in [-0.15, -0.1) is 5.10 Å². The predicted octanol–water partition coefficient (Wildman–Crippen LogP) is 4.37. The molecule has 0 saturated carbocycles. The van der Waals surface area contributed by atoms with Crippen LogP contribution in [0.1, 0.15) is 32.7 Å². The lowest BCUT2D eigenvalue weighted by Gasteiger charge is -2.13. The molecule has 164 valence electrons. The maximum atomic E-state index is 13.2. The molecule has 0 radical (unpaired) electrons. The van der Waals surface area contributed by atoms with E-state index in [1.807, 2.05) is 31.2 Å². The van der Waals surface area contributed by atoms with E-state index in [-0.39, 0.29) is 17.8 Å². The molecule has 0 aliphatic carbocycles. The molecule has 32 heavy (non-hydrogen) atoms. The second-order valence-corrected chi connectivity index (χ2v) is 7.33. The minimum Gasteiger partial charge on any atom is -0.346 e. The van der Waals surface area contributed by atoms with Gasteiger partial charge in [-0.1, -0.05) is 53.2 Å². The number of aromatic nitrogens is 4. The van der Waals surface area contributed by atoms with Gasteiger partial charge in [-0.05, 0) is 36.2 Å². The number of carbonyl (C=O) groups is 1. The van der Waals surface area contributed by atoms with Gasteiger partial charge in [-0.25, -0.2) is 4.68 Å². The molecule has 0 unspecified atom stereocenters. The number of alkyl halides is 3. The number of amides is 1. The van der Waals surface area contributed by atoms with Crippen LogP contribution in [0.15, 0.2) is 73.1 Å². The van der Waals surface area contributed by atoms with Gasteiger partial charge in [0.25, 0.3) is 5.91 Å². The van der Waals surface area contributed by atoms with Crippen LogP contribution in [-0.4, -0.2) is 25.5 Å². The van der Waals surface area contributed by atoms with E-state index in [9.17, 15) is 18.0 Å². The second kappa shape index (κ2) is 8.70. The average Bonchev–Trinajstić information content (AvgIpc) is 3.43. The molecule has 0 aliphatic heterocycles. The van der Waals surface area contributed by atoms with Crippen LogP contribution >= 0.6 is 0 Å². The Hall–Kier alpha value is -3.88. The lowest BCUT2D eigenvalue weighted by Crippen LogP contribution is -2.26. The standard InChI is InChI=1S/C23H20F3N5O/c1-16-8-10-17(11-9-16)15-31-22(30-12-4-5-13-30)20(28-29-31)21(32)27-14-18-6-2-3-7-19(18)23(24,25)26/h2-13H,14-15H2,1H3,(H,27,32). The molecule has 0 fully saturated rings. The molecule has 1 amide bonds. The molecule has 1 N–H and O–H groups in total. The fourth-order valence-electron chi connectivity index (χ4n) is 3.37. The quantitative estimate of drug-likeness (QED) is 0.485. The van der Waals surface area contributed by atoms with Crippen molar-refractivity contribution >= 4 is 5.91 Å². The summed E-state index contributed by atoms with van der Waals surface area (Å²) < 4.78 is 43.0. The monoisotopic (exact) mass is 439 g/mol. The topological polar surface area (TPSA) is 64.7 Å². The maximum absolute atomic E-state index is 13.2.